The number of amides is 3. The van der Waals surface area contributed by atoms with Crippen molar-refractivity contribution in [3.63, 3.8) is 0 Å². The third-order valence-electron chi connectivity index (χ3n) is 14.6. The van der Waals surface area contributed by atoms with Crippen molar-refractivity contribution in [2.45, 2.75) is 162 Å². The quantitative estimate of drug-likeness (QED) is 0.0774. The number of carbonyl (C=O) groups excluding carboxylic acids is 5. The lowest BCUT2D eigenvalue weighted by Crippen LogP contribution is -2.54. The van der Waals surface area contributed by atoms with Gasteiger partial charge in [0, 0.05) is 63.9 Å². The molecule has 13 nitrogen and oxygen atoms in total. The number of Topliss-reactive ketones (excluding diaryl/α,β-unsaturated/α-hetero) is 2. The Bertz CT molecular complexity index is 1620. The molecule has 3 fully saturated rings. The van der Waals surface area contributed by atoms with Gasteiger partial charge >= 0.3 is 5.97 Å². The lowest BCUT2D eigenvalue weighted by Gasteiger charge is -2.41. The molecule has 1 aromatic rings. The van der Waals surface area contributed by atoms with Crippen LogP contribution in [0, 0.1) is 41.4 Å². The Kier molecular flexibility index (Phi) is 19.4. The van der Waals surface area contributed by atoms with E-state index in [2.05, 4.69) is 11.8 Å². The number of hydrogen-bond donors (Lipinski definition) is 2. The van der Waals surface area contributed by atoms with Gasteiger partial charge in [0.25, 0.3) is 0 Å². The largest absolute Gasteiger partial charge is 0.481 e. The van der Waals surface area contributed by atoms with Crippen LogP contribution in [0.1, 0.15) is 131 Å². The Balaban J connectivity index is 1.43. The summed E-state index contributed by atoms with van der Waals surface area (Å²) in [7, 11) is 3.33. The van der Waals surface area contributed by atoms with Gasteiger partial charge in [-0.15, -0.1) is 0 Å². The molecule has 11 atom stereocenters. The summed E-state index contributed by atoms with van der Waals surface area (Å²) in [5.74, 6) is 1.56. The predicted octanol–water partition coefficient (Wildman–Crippen LogP) is 6.49. The first kappa shape index (κ1) is 50.0. The highest BCUT2D eigenvalue weighted by Gasteiger charge is 2.51. The number of ketones is 2. The normalized spacial score (nSPS) is 23.3. The molecule has 2 bridgehead atoms. The van der Waals surface area contributed by atoms with Crippen molar-refractivity contribution in [3.05, 3.63) is 35.9 Å². The Labute approximate surface area is 364 Å². The van der Waals surface area contributed by atoms with Gasteiger partial charge in [0.05, 0.1) is 37.1 Å². The van der Waals surface area contributed by atoms with E-state index in [4.69, 9.17) is 10.6 Å². The lowest BCUT2D eigenvalue weighted by atomic mass is 9.81. The van der Waals surface area contributed by atoms with Crippen molar-refractivity contribution in [2.24, 2.45) is 47.3 Å². The second-order valence-corrected chi connectivity index (χ2v) is 18.8. The fourth-order valence-electron chi connectivity index (χ4n) is 10.6. The van der Waals surface area contributed by atoms with Crippen LogP contribution in [-0.2, 0) is 44.8 Å². The van der Waals surface area contributed by atoms with E-state index in [0.29, 0.717) is 26.0 Å². The molecular formula is C48H76N4O9. The van der Waals surface area contributed by atoms with Gasteiger partial charge in [-0.2, -0.15) is 0 Å². The first-order chi connectivity index (χ1) is 29.1. The summed E-state index contributed by atoms with van der Waals surface area (Å²) in [6.07, 6.45) is 7.21. The topological polar surface area (TPSA) is 177 Å². The minimum Gasteiger partial charge on any atom is -0.481 e. The number of hydrogen-bond acceptors (Lipinski definition) is 9. The Morgan fingerprint density at radius 3 is 2.25 bits per heavy atom. The molecule has 3 N–H and O–H groups in total. The number of nitrogens with two attached hydrogens (primary N) is 1. The van der Waals surface area contributed by atoms with Gasteiger partial charge in [-0.3, -0.25) is 28.8 Å². The van der Waals surface area contributed by atoms with Gasteiger partial charge < -0.3 is 29.4 Å². The number of piperidine rings is 1. The molecule has 3 amide bonds. The van der Waals surface area contributed by atoms with E-state index in [1.54, 1.807) is 19.1 Å². The van der Waals surface area contributed by atoms with E-state index in [1.807, 2.05) is 74.8 Å². The minimum absolute atomic E-state index is 0.00884. The molecule has 0 radical (unpaired) electrons. The van der Waals surface area contributed by atoms with Crippen molar-refractivity contribution < 1.29 is 43.4 Å². The summed E-state index contributed by atoms with van der Waals surface area (Å²) >= 11 is 0. The number of nitrogens with zero attached hydrogens (tertiary/aromatic N) is 3. The number of rotatable bonds is 26. The van der Waals surface area contributed by atoms with Crippen LogP contribution in [0.5, 0.6) is 0 Å². The molecule has 4 rings (SSSR count). The first-order valence-corrected chi connectivity index (χ1v) is 23.1. The minimum atomic E-state index is -0.998. The maximum Gasteiger partial charge on any atom is 0.307 e. The average Bonchev–Trinajstić information content (AvgIpc) is 4.02. The van der Waals surface area contributed by atoms with Crippen LogP contribution in [0.4, 0.5) is 0 Å². The number of likely N-dealkylation sites (N-methyl/N-ethyl adjacent to an activating group) is 1. The van der Waals surface area contributed by atoms with E-state index in [-0.39, 0.29) is 90.7 Å². The second-order valence-electron chi connectivity index (χ2n) is 18.8. The van der Waals surface area contributed by atoms with Gasteiger partial charge in [0.2, 0.25) is 17.7 Å². The molecule has 0 spiro atoms. The summed E-state index contributed by atoms with van der Waals surface area (Å²) in [4.78, 5) is 92.6. The van der Waals surface area contributed by atoms with Crippen LogP contribution in [0.15, 0.2) is 30.3 Å². The smallest absolute Gasteiger partial charge is 0.307 e. The molecule has 2 heterocycles. The van der Waals surface area contributed by atoms with Crippen molar-refractivity contribution >= 4 is 35.3 Å². The Morgan fingerprint density at radius 2 is 1.62 bits per heavy atom. The number of ether oxygens (including phenoxy) is 1. The standard InChI is InChI=1S/C48H76N4O9/c1-9-31(4)45(50(7)47(57)38(30(2)3)28-41(54)46-35-21-22-37(26-35)52(46)43(55)20-14-11-15-24-61-49)42(60-8)29-44(56)51-23-16-19-39(51)32(5)33(6)40(53)27-36(48(58)59)25-34-17-12-10-13-18-34/h10,12-13,17-18,30-33,35-39,42,45-46H,9,11,14-16,19-29,49H2,1-8H3,(H,58,59)/t31-,32+,33+,35-,36+,37+,38-,39-,42+,45-,46-/m0/s1. The van der Waals surface area contributed by atoms with Crippen molar-refractivity contribution in [1.82, 2.24) is 14.7 Å². The molecule has 2 aliphatic heterocycles. The highest BCUT2D eigenvalue weighted by atomic mass is 16.6. The maximum atomic E-state index is 14.6. The van der Waals surface area contributed by atoms with Crippen molar-refractivity contribution in [3.8, 4) is 0 Å². The number of methoxy groups -OCH3 is 1. The number of carbonyl (C=O) groups is 6. The number of carboxylic acid groups (broad SMARTS) is 1. The SMILES string of the molecule is CC[C@H](C)[C@@H]([C@@H](CC(=O)N1CCC[C@H]1[C@H](C)[C@@H](C)C(=O)C[C@@H](Cc1ccccc1)C(=O)O)OC)N(C)C(=O)[C@@H](CC(=O)[C@@H]1[C@H]2CC[C@H](C2)N1C(=O)CCCCCON)C(C)C. The van der Waals surface area contributed by atoms with Gasteiger partial charge in [-0.25, -0.2) is 5.90 Å². The van der Waals surface area contributed by atoms with Gasteiger partial charge in [0.1, 0.15) is 5.78 Å². The van der Waals surface area contributed by atoms with E-state index < -0.39 is 41.9 Å². The number of fused-ring (bicyclic) bond motifs is 2. The molecule has 61 heavy (non-hydrogen) atoms. The second kappa shape index (κ2) is 23.7. The molecule has 1 aromatic carbocycles. The average molecular weight is 853 g/mol. The number of benzene rings is 1. The predicted molar refractivity (Wildman–Crippen MR) is 234 cm³/mol. The monoisotopic (exact) mass is 853 g/mol. The fraction of sp³-hybridized carbons (Fsp3) is 0.750. The summed E-state index contributed by atoms with van der Waals surface area (Å²) in [5.41, 5.74) is 0.869. The third-order valence-corrected chi connectivity index (χ3v) is 14.6. The highest BCUT2D eigenvalue weighted by Crippen LogP contribution is 2.44. The molecular weight excluding hydrogens is 777 g/mol. The van der Waals surface area contributed by atoms with Crippen molar-refractivity contribution in [2.75, 3.05) is 27.3 Å². The molecule has 0 unspecified atom stereocenters. The summed E-state index contributed by atoms with van der Waals surface area (Å²) < 4.78 is 6.09. The van der Waals surface area contributed by atoms with E-state index in [9.17, 15) is 33.9 Å². The Morgan fingerprint density at radius 1 is 0.918 bits per heavy atom. The third kappa shape index (κ3) is 12.7. The van der Waals surface area contributed by atoms with Gasteiger partial charge in [-0.1, -0.05) is 84.7 Å². The van der Waals surface area contributed by atoms with Crippen LogP contribution in [0.2, 0.25) is 0 Å². The van der Waals surface area contributed by atoms with E-state index in [1.165, 1.54) is 0 Å². The zero-order valence-corrected chi connectivity index (χ0v) is 38.3. The van der Waals surface area contributed by atoms with Gasteiger partial charge in [0.15, 0.2) is 5.78 Å². The summed E-state index contributed by atoms with van der Waals surface area (Å²) in [5, 5.41) is 9.97. The number of aliphatic carboxylic acids is 1. The Hall–Kier alpha value is -3.68. The first-order valence-electron chi connectivity index (χ1n) is 23.1. The lowest BCUT2D eigenvalue weighted by molar-refractivity contribution is -0.149. The van der Waals surface area contributed by atoms with Crippen LogP contribution in [0.3, 0.4) is 0 Å². The fourth-order valence-corrected chi connectivity index (χ4v) is 10.6. The van der Waals surface area contributed by atoms with Crippen molar-refractivity contribution in [1.29, 1.82) is 0 Å². The number of likely N-dealkylation sites (tertiary alicyclic amines) is 2. The van der Waals surface area contributed by atoms with Crippen LogP contribution >= 0.6 is 0 Å². The summed E-state index contributed by atoms with van der Waals surface area (Å²) in [6, 6.07) is 8.25. The molecule has 2 saturated heterocycles. The van der Waals surface area contributed by atoms with E-state index in [0.717, 1.165) is 56.9 Å². The van der Waals surface area contributed by atoms with Crippen LogP contribution in [0.25, 0.3) is 0 Å². The molecule has 0 aromatic heterocycles. The number of carboxylic acids is 1. The molecule has 3 aliphatic rings. The summed E-state index contributed by atoms with van der Waals surface area (Å²) in [6.45, 7) is 12.8. The van der Waals surface area contributed by atoms with Crippen LogP contribution < -0.4 is 5.90 Å². The van der Waals surface area contributed by atoms with E-state index >= 15 is 0 Å². The zero-order valence-electron chi connectivity index (χ0n) is 38.3. The number of unbranched alkanes of at least 4 members (excludes halogenated alkanes) is 2. The van der Waals surface area contributed by atoms with Crippen LogP contribution in [-0.4, -0.2) is 113 Å². The highest BCUT2D eigenvalue weighted by molar-refractivity contribution is 5.94. The maximum absolute atomic E-state index is 14.6. The van der Waals surface area contributed by atoms with Gasteiger partial charge in [-0.05, 0) is 80.6 Å². The molecule has 1 aliphatic carbocycles. The zero-order chi connectivity index (χ0) is 45.0. The molecule has 1 saturated carbocycles. The molecule has 13 heteroatoms. The molecule has 342 valence electrons.